The minimum atomic E-state index is 0.111. The molecule has 2 unspecified atom stereocenters. The minimum absolute atomic E-state index is 0.111. The number of thioether (sulfide) groups is 1. The Bertz CT molecular complexity index is 225. The third kappa shape index (κ3) is 3.64. The molecule has 0 aromatic heterocycles. The summed E-state index contributed by atoms with van der Waals surface area (Å²) >= 11 is 1.89. The Kier molecular flexibility index (Phi) is 6.16. The zero-order chi connectivity index (χ0) is 12.0. The molecule has 0 aromatic rings. The van der Waals surface area contributed by atoms with Crippen LogP contribution in [0.15, 0.2) is 0 Å². The molecule has 1 rings (SSSR count). The molecule has 2 N–H and O–H groups in total. The van der Waals surface area contributed by atoms with Crippen molar-refractivity contribution in [1.29, 1.82) is 0 Å². The highest BCUT2D eigenvalue weighted by Crippen LogP contribution is 2.20. The third-order valence-electron chi connectivity index (χ3n) is 3.04. The quantitative estimate of drug-likeness (QED) is 0.699. The number of nitrogens with zero attached hydrogens (tertiary/aromatic N) is 1. The van der Waals surface area contributed by atoms with Crippen molar-refractivity contribution in [2.45, 2.75) is 24.6 Å². The van der Waals surface area contributed by atoms with Crippen LogP contribution in [-0.4, -0.2) is 61.6 Å². The van der Waals surface area contributed by atoms with Crippen LogP contribution in [0.1, 0.15) is 13.3 Å². The number of amides is 1. The van der Waals surface area contributed by atoms with Gasteiger partial charge in [-0.05, 0) is 19.2 Å². The van der Waals surface area contributed by atoms with E-state index in [4.69, 9.17) is 0 Å². The third-order valence-corrected chi connectivity index (χ3v) is 4.12. The lowest BCUT2D eigenvalue weighted by Gasteiger charge is -2.30. The van der Waals surface area contributed by atoms with Crippen LogP contribution in [0.25, 0.3) is 0 Å². The summed E-state index contributed by atoms with van der Waals surface area (Å²) in [6, 6.07) is 0.493. The summed E-state index contributed by atoms with van der Waals surface area (Å²) in [7, 11) is 1.70. The van der Waals surface area contributed by atoms with Crippen LogP contribution in [0.3, 0.4) is 0 Å². The fourth-order valence-electron chi connectivity index (χ4n) is 2.16. The normalized spacial score (nSPS) is 25.0. The molecule has 1 heterocycles. The second kappa shape index (κ2) is 7.14. The Labute approximate surface area is 103 Å². The summed E-state index contributed by atoms with van der Waals surface area (Å²) < 4.78 is 0. The van der Waals surface area contributed by atoms with Crippen LogP contribution in [0.4, 0.5) is 0 Å². The predicted molar refractivity (Wildman–Crippen MR) is 69.9 cm³/mol. The molecule has 1 amide bonds. The highest BCUT2D eigenvalue weighted by molar-refractivity contribution is 7.99. The van der Waals surface area contributed by atoms with Crippen LogP contribution < -0.4 is 10.6 Å². The van der Waals surface area contributed by atoms with Crippen molar-refractivity contribution in [3.63, 3.8) is 0 Å². The van der Waals surface area contributed by atoms with Crippen molar-refractivity contribution in [2.24, 2.45) is 0 Å². The zero-order valence-electron chi connectivity index (χ0n) is 10.5. The van der Waals surface area contributed by atoms with E-state index in [0.29, 0.717) is 17.8 Å². The SMILES string of the molecule is CCCN(CC(=O)NC)C1CNCC1SC. The van der Waals surface area contributed by atoms with Gasteiger partial charge in [0.2, 0.25) is 5.91 Å². The van der Waals surface area contributed by atoms with Gasteiger partial charge in [-0.3, -0.25) is 9.69 Å². The smallest absolute Gasteiger partial charge is 0.233 e. The second-order valence-corrected chi connectivity index (χ2v) is 5.22. The molecule has 5 heteroatoms. The molecule has 0 aromatic carbocycles. The van der Waals surface area contributed by atoms with Gasteiger partial charge in [0.1, 0.15) is 0 Å². The Morgan fingerprint density at radius 3 is 2.88 bits per heavy atom. The number of carbonyl (C=O) groups excluding carboxylic acids is 1. The topological polar surface area (TPSA) is 44.4 Å². The van der Waals surface area contributed by atoms with Crippen molar-refractivity contribution in [3.05, 3.63) is 0 Å². The summed E-state index contributed by atoms with van der Waals surface area (Å²) in [4.78, 5) is 13.8. The largest absolute Gasteiger partial charge is 0.358 e. The lowest BCUT2D eigenvalue weighted by atomic mass is 10.2. The average molecular weight is 245 g/mol. The highest BCUT2D eigenvalue weighted by atomic mass is 32.2. The maximum atomic E-state index is 11.5. The standard InChI is InChI=1S/C11H23N3OS/c1-4-5-14(8-11(15)12-2)9-6-13-7-10(9)16-3/h9-10,13H,4-8H2,1-3H3,(H,12,15). The molecule has 1 saturated heterocycles. The van der Waals surface area contributed by atoms with Gasteiger partial charge in [-0.2, -0.15) is 11.8 Å². The Balaban J connectivity index is 2.57. The predicted octanol–water partition coefficient (Wildman–Crippen LogP) is 0.148. The first-order valence-corrected chi connectivity index (χ1v) is 7.19. The summed E-state index contributed by atoms with van der Waals surface area (Å²) in [6.45, 7) is 5.74. The Hall–Kier alpha value is -0.260. The Morgan fingerprint density at radius 2 is 2.31 bits per heavy atom. The van der Waals surface area contributed by atoms with E-state index in [2.05, 4.69) is 28.7 Å². The maximum Gasteiger partial charge on any atom is 0.233 e. The molecule has 1 aliphatic rings. The van der Waals surface area contributed by atoms with Gasteiger partial charge < -0.3 is 10.6 Å². The first kappa shape index (κ1) is 13.8. The van der Waals surface area contributed by atoms with Gasteiger partial charge in [-0.25, -0.2) is 0 Å². The maximum absolute atomic E-state index is 11.5. The molecule has 2 atom stereocenters. The van der Waals surface area contributed by atoms with Gasteiger partial charge in [0.05, 0.1) is 6.54 Å². The molecule has 0 bridgehead atoms. The molecule has 0 spiro atoms. The molecule has 0 radical (unpaired) electrons. The van der Waals surface area contributed by atoms with Crippen molar-refractivity contribution < 1.29 is 4.79 Å². The number of hydrogen-bond acceptors (Lipinski definition) is 4. The molecular formula is C11H23N3OS. The number of likely N-dealkylation sites (N-methyl/N-ethyl adjacent to an activating group) is 1. The molecule has 1 fully saturated rings. The summed E-state index contributed by atoms with van der Waals surface area (Å²) in [5.74, 6) is 0.111. The van der Waals surface area contributed by atoms with Crippen LogP contribution >= 0.6 is 11.8 Å². The number of rotatable bonds is 6. The van der Waals surface area contributed by atoms with Crippen molar-refractivity contribution in [1.82, 2.24) is 15.5 Å². The van der Waals surface area contributed by atoms with Gasteiger partial charge >= 0.3 is 0 Å². The van der Waals surface area contributed by atoms with Gasteiger partial charge in [-0.1, -0.05) is 6.92 Å². The van der Waals surface area contributed by atoms with Crippen molar-refractivity contribution in [3.8, 4) is 0 Å². The second-order valence-electron chi connectivity index (χ2n) is 4.14. The van der Waals surface area contributed by atoms with Gasteiger partial charge in [0.25, 0.3) is 0 Å². The summed E-state index contributed by atoms with van der Waals surface area (Å²) in [5, 5.41) is 6.72. The molecular weight excluding hydrogens is 222 g/mol. The number of hydrogen-bond donors (Lipinski definition) is 2. The molecule has 0 aliphatic carbocycles. The summed E-state index contributed by atoms with van der Waals surface area (Å²) in [6.07, 6.45) is 3.24. The van der Waals surface area contributed by atoms with E-state index < -0.39 is 0 Å². The molecule has 4 nitrogen and oxygen atoms in total. The molecule has 1 aliphatic heterocycles. The monoisotopic (exact) mass is 245 g/mol. The minimum Gasteiger partial charge on any atom is -0.358 e. The summed E-state index contributed by atoms with van der Waals surface area (Å²) in [5.41, 5.74) is 0. The van der Waals surface area contributed by atoms with Crippen molar-refractivity contribution >= 4 is 17.7 Å². The van der Waals surface area contributed by atoms with Crippen LogP contribution in [0, 0.1) is 0 Å². The zero-order valence-corrected chi connectivity index (χ0v) is 11.3. The first-order valence-electron chi connectivity index (χ1n) is 5.91. The van der Waals surface area contributed by atoms with Crippen LogP contribution in [0.5, 0.6) is 0 Å². The fourth-order valence-corrected chi connectivity index (χ4v) is 3.03. The van der Waals surface area contributed by atoms with Gasteiger partial charge in [-0.15, -0.1) is 0 Å². The van der Waals surface area contributed by atoms with E-state index in [9.17, 15) is 4.79 Å². The number of carbonyl (C=O) groups is 1. The van der Waals surface area contributed by atoms with E-state index in [-0.39, 0.29) is 5.91 Å². The number of nitrogens with one attached hydrogen (secondary N) is 2. The van der Waals surface area contributed by atoms with E-state index in [1.54, 1.807) is 7.05 Å². The Morgan fingerprint density at radius 1 is 1.56 bits per heavy atom. The van der Waals surface area contributed by atoms with E-state index >= 15 is 0 Å². The van der Waals surface area contributed by atoms with Crippen LogP contribution in [0.2, 0.25) is 0 Å². The molecule has 0 saturated carbocycles. The highest BCUT2D eigenvalue weighted by Gasteiger charge is 2.31. The van der Waals surface area contributed by atoms with Gasteiger partial charge in [0, 0.05) is 31.4 Å². The molecule has 94 valence electrons. The average Bonchev–Trinajstić information content (AvgIpc) is 2.76. The van der Waals surface area contributed by atoms with E-state index in [1.165, 1.54) is 0 Å². The van der Waals surface area contributed by atoms with Crippen LogP contribution in [-0.2, 0) is 4.79 Å². The fraction of sp³-hybridized carbons (Fsp3) is 0.909. The lowest BCUT2D eigenvalue weighted by molar-refractivity contribution is -0.122. The van der Waals surface area contributed by atoms with E-state index in [1.807, 2.05) is 11.8 Å². The molecule has 16 heavy (non-hydrogen) atoms. The first-order chi connectivity index (χ1) is 7.72. The van der Waals surface area contributed by atoms with Gasteiger partial charge in [0.15, 0.2) is 0 Å². The lowest BCUT2D eigenvalue weighted by Crippen LogP contribution is -2.47. The van der Waals surface area contributed by atoms with Crippen molar-refractivity contribution in [2.75, 3.05) is 39.5 Å². The van der Waals surface area contributed by atoms with E-state index in [0.717, 1.165) is 26.1 Å².